The fourth-order valence-corrected chi connectivity index (χ4v) is 5.51. The number of nitrogens with two attached hydrogens (primary N) is 1. The number of hydrogen-bond donors (Lipinski definition) is 9. The molecule has 0 aromatic heterocycles. The lowest BCUT2D eigenvalue weighted by atomic mass is 10.00. The lowest BCUT2D eigenvalue weighted by Gasteiger charge is -2.31. The molecule has 0 bridgehead atoms. The van der Waals surface area contributed by atoms with Crippen molar-refractivity contribution in [1.29, 1.82) is 0 Å². The summed E-state index contributed by atoms with van der Waals surface area (Å²) in [6.45, 7) is 11.3. The molecule has 6 amide bonds. The highest BCUT2D eigenvalue weighted by Gasteiger charge is 2.40. The van der Waals surface area contributed by atoms with Crippen molar-refractivity contribution < 1.29 is 53.7 Å². The largest absolute Gasteiger partial charge is 0.481 e. The summed E-state index contributed by atoms with van der Waals surface area (Å²) in [5.74, 6) is -7.51. The van der Waals surface area contributed by atoms with E-state index in [0.29, 0.717) is 6.42 Å². The van der Waals surface area contributed by atoms with Gasteiger partial charge in [-0.1, -0.05) is 41.5 Å². The Morgan fingerprint density at radius 2 is 1.25 bits per heavy atom. The van der Waals surface area contributed by atoms with E-state index in [4.69, 9.17) is 10.8 Å². The van der Waals surface area contributed by atoms with Crippen molar-refractivity contribution in [2.45, 2.75) is 129 Å². The van der Waals surface area contributed by atoms with Crippen LogP contribution >= 0.6 is 0 Å². The van der Waals surface area contributed by atoms with E-state index in [2.05, 4.69) is 26.6 Å². The Morgan fingerprint density at radius 3 is 1.75 bits per heavy atom. The highest BCUT2D eigenvalue weighted by atomic mass is 16.4. The normalized spacial score (nSPS) is 17.9. The predicted molar refractivity (Wildman–Crippen MR) is 183 cm³/mol. The van der Waals surface area contributed by atoms with Gasteiger partial charge in [-0.25, -0.2) is 4.79 Å². The van der Waals surface area contributed by atoms with Gasteiger partial charge in [-0.15, -0.1) is 0 Å². The van der Waals surface area contributed by atoms with Gasteiger partial charge in [0.15, 0.2) is 0 Å². The number of aliphatic hydroxyl groups excluding tert-OH is 1. The van der Waals surface area contributed by atoms with Crippen LogP contribution in [0.5, 0.6) is 0 Å². The van der Waals surface area contributed by atoms with Gasteiger partial charge in [0.25, 0.3) is 0 Å². The van der Waals surface area contributed by atoms with Crippen molar-refractivity contribution in [3.05, 3.63) is 0 Å². The molecule has 10 N–H and O–H groups in total. The fourth-order valence-electron chi connectivity index (χ4n) is 5.51. The standard InChI is InChI=1S/C33H57N7O11/c1-16(2)13-22(37-27(44)19(7)35-28(45)20(34)15-41)29(46)36-21(10-11-25(42)43)32(49)40-12-8-9-24(40)31(48)38-23(14-17(3)4)30(47)39-26(18(5)6)33(50)51/h16-24,26,41H,8-15,34H2,1-7H3,(H,35,45)(H,36,46)(H,37,44)(H,38,48)(H,39,47)(H,42,43)(H,50,51)/t19-,20-,21-,22-,23-,24-,26-/m0/s1. The summed E-state index contributed by atoms with van der Waals surface area (Å²) in [4.78, 5) is 104. The highest BCUT2D eigenvalue weighted by Crippen LogP contribution is 2.21. The highest BCUT2D eigenvalue weighted by molar-refractivity contribution is 5.97. The van der Waals surface area contributed by atoms with E-state index in [1.807, 2.05) is 13.8 Å². The Hall–Kier alpha value is -4.32. The van der Waals surface area contributed by atoms with Gasteiger partial charge in [0.2, 0.25) is 35.4 Å². The maximum Gasteiger partial charge on any atom is 0.326 e. The third-order valence-electron chi connectivity index (χ3n) is 8.30. The molecule has 290 valence electrons. The lowest BCUT2D eigenvalue weighted by Crippen LogP contribution is -2.59. The Morgan fingerprint density at radius 1 is 0.725 bits per heavy atom. The van der Waals surface area contributed by atoms with Crippen LogP contribution < -0.4 is 32.3 Å². The average molecular weight is 728 g/mol. The molecule has 1 heterocycles. The third kappa shape index (κ3) is 14.8. The summed E-state index contributed by atoms with van der Waals surface area (Å²) < 4.78 is 0. The van der Waals surface area contributed by atoms with E-state index in [1.54, 1.807) is 27.7 Å². The van der Waals surface area contributed by atoms with Crippen LogP contribution in [0.25, 0.3) is 0 Å². The van der Waals surface area contributed by atoms with Crippen molar-refractivity contribution in [3.63, 3.8) is 0 Å². The second-order valence-corrected chi connectivity index (χ2v) is 14.2. The zero-order valence-electron chi connectivity index (χ0n) is 30.6. The van der Waals surface area contributed by atoms with Crippen LogP contribution in [-0.4, -0.2) is 123 Å². The smallest absolute Gasteiger partial charge is 0.326 e. The molecular weight excluding hydrogens is 670 g/mol. The van der Waals surface area contributed by atoms with E-state index in [-0.39, 0.29) is 44.1 Å². The topological polar surface area (TPSA) is 287 Å². The number of nitrogens with one attached hydrogen (secondary N) is 5. The number of carbonyl (C=O) groups is 8. The second-order valence-electron chi connectivity index (χ2n) is 14.2. The molecule has 18 nitrogen and oxygen atoms in total. The first-order valence-corrected chi connectivity index (χ1v) is 17.3. The van der Waals surface area contributed by atoms with Crippen LogP contribution in [0, 0.1) is 17.8 Å². The van der Waals surface area contributed by atoms with E-state index in [0.717, 1.165) is 0 Å². The van der Waals surface area contributed by atoms with Crippen LogP contribution in [0.1, 0.15) is 87.0 Å². The summed E-state index contributed by atoms with van der Waals surface area (Å²) in [6, 6.07) is -8.37. The van der Waals surface area contributed by atoms with Crippen molar-refractivity contribution >= 4 is 47.4 Å². The fraction of sp³-hybridized carbons (Fsp3) is 0.758. The van der Waals surface area contributed by atoms with Crippen molar-refractivity contribution in [1.82, 2.24) is 31.5 Å². The number of amides is 6. The quantitative estimate of drug-likeness (QED) is 0.0649. The van der Waals surface area contributed by atoms with Crippen LogP contribution in [0.4, 0.5) is 0 Å². The SMILES string of the molecule is CC(C)C[C@H](NC(=O)[C@H](C)NC(=O)[C@@H](N)CO)C(=O)N[C@@H](CCC(=O)O)C(=O)N1CCC[C@H]1C(=O)N[C@@H](CC(C)C)C(=O)N[C@H](C(=O)O)C(C)C. The lowest BCUT2D eigenvalue weighted by molar-refractivity contribution is -0.145. The molecule has 1 fully saturated rings. The first-order valence-electron chi connectivity index (χ1n) is 17.3. The number of nitrogens with zero attached hydrogens (tertiary/aromatic N) is 1. The molecule has 1 aliphatic rings. The Labute approximate surface area is 298 Å². The first-order chi connectivity index (χ1) is 23.7. The molecule has 51 heavy (non-hydrogen) atoms. The maximum atomic E-state index is 13.9. The maximum absolute atomic E-state index is 13.9. The number of aliphatic hydroxyl groups is 1. The molecule has 0 radical (unpaired) electrons. The Balaban J connectivity index is 3.23. The van der Waals surface area contributed by atoms with Gasteiger partial charge in [-0.05, 0) is 56.8 Å². The molecular formula is C33H57N7O11. The molecule has 18 heteroatoms. The molecule has 0 aromatic carbocycles. The summed E-state index contributed by atoms with van der Waals surface area (Å²) in [7, 11) is 0. The Kier molecular flexibility index (Phi) is 18.5. The minimum absolute atomic E-state index is 0.0723. The third-order valence-corrected chi connectivity index (χ3v) is 8.30. The van der Waals surface area contributed by atoms with Gasteiger partial charge >= 0.3 is 11.9 Å². The van der Waals surface area contributed by atoms with Gasteiger partial charge in [0, 0.05) is 13.0 Å². The van der Waals surface area contributed by atoms with Crippen molar-refractivity contribution in [3.8, 4) is 0 Å². The Bertz CT molecular complexity index is 1260. The first kappa shape index (κ1) is 44.7. The monoisotopic (exact) mass is 727 g/mol. The van der Waals surface area contributed by atoms with Crippen molar-refractivity contribution in [2.75, 3.05) is 13.2 Å². The van der Waals surface area contributed by atoms with E-state index in [9.17, 15) is 48.6 Å². The number of carbonyl (C=O) groups excluding carboxylic acids is 6. The summed E-state index contributed by atoms with van der Waals surface area (Å²) in [5.41, 5.74) is 5.49. The van der Waals surface area contributed by atoms with Crippen LogP contribution in [0.2, 0.25) is 0 Å². The predicted octanol–water partition coefficient (Wildman–Crippen LogP) is -1.56. The van der Waals surface area contributed by atoms with E-state index in [1.165, 1.54) is 11.8 Å². The van der Waals surface area contributed by atoms with Gasteiger partial charge in [-0.3, -0.25) is 33.6 Å². The number of aliphatic carboxylic acids is 2. The van der Waals surface area contributed by atoms with E-state index < -0.39 is 109 Å². The zero-order chi connectivity index (χ0) is 39.2. The van der Waals surface area contributed by atoms with Crippen LogP contribution in [0.15, 0.2) is 0 Å². The number of rotatable bonds is 21. The van der Waals surface area contributed by atoms with Crippen LogP contribution in [-0.2, 0) is 38.4 Å². The van der Waals surface area contributed by atoms with E-state index >= 15 is 0 Å². The summed E-state index contributed by atoms with van der Waals surface area (Å²) in [5, 5.41) is 40.6. The molecule has 1 saturated heterocycles. The van der Waals surface area contributed by atoms with Crippen molar-refractivity contribution in [2.24, 2.45) is 23.5 Å². The number of carboxylic acid groups (broad SMARTS) is 2. The number of hydrogen-bond acceptors (Lipinski definition) is 10. The van der Waals surface area contributed by atoms with Gasteiger partial charge in [0.05, 0.1) is 6.61 Å². The minimum Gasteiger partial charge on any atom is -0.481 e. The zero-order valence-corrected chi connectivity index (χ0v) is 30.6. The van der Waals surface area contributed by atoms with Gasteiger partial charge in [0.1, 0.15) is 42.3 Å². The average Bonchev–Trinajstić information content (AvgIpc) is 3.53. The number of carboxylic acids is 2. The molecule has 0 spiro atoms. The molecule has 1 rings (SSSR count). The number of likely N-dealkylation sites (tertiary alicyclic amines) is 1. The summed E-state index contributed by atoms with van der Waals surface area (Å²) in [6.07, 6.45) is 0.0685. The molecule has 0 aliphatic carbocycles. The minimum atomic E-state index is -1.40. The second kappa shape index (κ2) is 21.1. The molecule has 0 saturated carbocycles. The molecule has 0 aromatic rings. The summed E-state index contributed by atoms with van der Waals surface area (Å²) >= 11 is 0. The van der Waals surface area contributed by atoms with Crippen LogP contribution in [0.3, 0.4) is 0 Å². The molecule has 0 unspecified atom stereocenters. The van der Waals surface area contributed by atoms with Gasteiger partial charge < -0.3 is 52.5 Å². The van der Waals surface area contributed by atoms with Gasteiger partial charge in [-0.2, -0.15) is 0 Å². The molecule has 1 aliphatic heterocycles. The molecule has 7 atom stereocenters.